The van der Waals surface area contributed by atoms with Crippen LogP contribution in [0.15, 0.2) is 165 Å². The maximum atomic E-state index is 15.2. The average molecular weight is 1380 g/mol. The molecule has 1 unspecified atom stereocenters. The minimum Gasteiger partial charge on any atom is -0.336 e. The predicted molar refractivity (Wildman–Crippen MR) is 358 cm³/mol. The summed E-state index contributed by atoms with van der Waals surface area (Å²) in [7, 11) is 0. The molecular formula is C73H78F8N8O4S2. The number of thioether (sulfide) groups is 2. The SMILES string of the molecule is [2H]c1c([2H])c(-c2c([2H])c([2H])c(C(F)(F)F)c([2H])c2[2H])c([2H])c([2H])c1CN(C(=O)C([2H])([2H])n1c(SCc2ccc(F)cc2)nc(=O)c2c1C([2H])([2H])C([2H])(C)C2([2H])[2H])C([2H])([2H])C([2H])([2H])N(CC)CC.[2H]c1c([2H])c(CSc2nc(=O)c3c(n2C([2H])([2H])C(=O)N(Cc2ccc(-c4ccc(C(F)(F)F)cc4)cc2)C([2H])([2H])C([2H])([2H])N(CC)CC)CCC3)c([2H])c([2H])c1F. The molecule has 0 aliphatic heterocycles. The molecule has 2 aliphatic carbocycles. The molecule has 0 saturated heterocycles. The van der Waals surface area contributed by atoms with Crippen molar-refractivity contribution in [3.63, 3.8) is 0 Å². The van der Waals surface area contributed by atoms with Crippen LogP contribution in [0.3, 0.4) is 0 Å². The molecule has 0 N–H and O–H groups in total. The Morgan fingerprint density at radius 2 is 0.989 bits per heavy atom. The van der Waals surface area contributed by atoms with E-state index in [-0.39, 0.29) is 76.6 Å². The Kier molecular flexibility index (Phi) is 14.4. The van der Waals surface area contributed by atoms with E-state index in [0.717, 1.165) is 45.6 Å². The van der Waals surface area contributed by atoms with Crippen LogP contribution in [0, 0.1) is 17.5 Å². The second-order valence-corrected chi connectivity index (χ2v) is 22.5. The Hall–Kier alpha value is -7.92. The number of alkyl halides is 6. The lowest BCUT2D eigenvalue weighted by molar-refractivity contribution is -0.138. The van der Waals surface area contributed by atoms with Crippen LogP contribution in [-0.2, 0) is 85.1 Å². The molecule has 8 aromatic rings. The van der Waals surface area contributed by atoms with Crippen LogP contribution in [0.5, 0.6) is 0 Å². The number of fused-ring (bicyclic) bond motifs is 2. The lowest BCUT2D eigenvalue weighted by atomic mass is 10.0. The standard InChI is InChI=1S/C37H40F4N4O2S.C36H38F4N4O2S/c1-4-43(5-2)18-19-44(22-26-6-10-28(11-7-26)29-12-14-30(15-13-29)37(39,40)41)34(46)23-45-33-21-25(3)20-32(33)35(47)42-36(45)48-24-27-8-16-31(38)17-9-27;1-3-42(4-2)20-21-43(22-25-8-12-27(13-9-25)28-14-16-29(17-15-28)36(38,39)40)33(45)23-44-32-7-5-6-31(32)34(46)41-35(44)47-24-26-10-18-30(37)19-11-26/h6-17,25H,4-5,18-24H2,1-3H3;8-19H,3-7,20-24H2,1-2H3/i6D,7D,10D,11D,12D,13D,14D,15D,18D2,19D2,20D2,21D2,23D2,25D;10D,11D,18D,19D,20D2,21D2,23D2. The van der Waals surface area contributed by atoms with Crippen molar-refractivity contribution < 1.29 is 84.5 Å². The van der Waals surface area contributed by atoms with Crippen molar-refractivity contribution in [3.8, 4) is 22.3 Å². The highest BCUT2D eigenvalue weighted by Crippen LogP contribution is 2.35. The van der Waals surface area contributed by atoms with Crippen molar-refractivity contribution in [2.75, 3.05) is 52.2 Å². The van der Waals surface area contributed by atoms with Gasteiger partial charge in [0.1, 0.15) is 24.6 Å². The Labute approximate surface area is 598 Å². The van der Waals surface area contributed by atoms with Crippen LogP contribution >= 0.6 is 23.5 Å². The molecule has 2 aromatic heterocycles. The molecule has 12 nitrogen and oxygen atoms in total. The van der Waals surface area contributed by atoms with Gasteiger partial charge in [-0.3, -0.25) is 19.2 Å². The first-order valence-electron chi connectivity index (χ1n) is 43.7. The van der Waals surface area contributed by atoms with E-state index >= 15 is 4.79 Å². The van der Waals surface area contributed by atoms with Gasteiger partial charge in [0.15, 0.2) is 10.3 Å². The van der Waals surface area contributed by atoms with Crippen molar-refractivity contribution in [2.24, 2.45) is 5.89 Å². The van der Waals surface area contributed by atoms with Crippen LogP contribution in [0.2, 0.25) is 0 Å². The second kappa shape index (κ2) is 32.7. The highest BCUT2D eigenvalue weighted by molar-refractivity contribution is 7.98. The Balaban J connectivity index is 0.000000285. The van der Waals surface area contributed by atoms with E-state index in [4.69, 9.17) is 31.5 Å². The fraction of sp³-hybridized carbons (Fsp3) is 0.370. The van der Waals surface area contributed by atoms with Crippen LogP contribution in [-0.4, -0.2) is 103 Å². The first-order valence-corrected chi connectivity index (χ1v) is 31.2. The van der Waals surface area contributed by atoms with E-state index in [1.807, 2.05) is 0 Å². The van der Waals surface area contributed by atoms with Gasteiger partial charge in [-0.05, 0) is 157 Å². The fourth-order valence-corrected chi connectivity index (χ4v) is 10.9. The molecular weight excluding hydrogens is 1270 g/mol. The summed E-state index contributed by atoms with van der Waals surface area (Å²) in [6.07, 6.45) is -15.9. The molecule has 95 heavy (non-hydrogen) atoms. The smallest absolute Gasteiger partial charge is 0.336 e. The Morgan fingerprint density at radius 3 is 1.51 bits per heavy atom. The summed E-state index contributed by atoms with van der Waals surface area (Å²) in [5.41, 5.74) is -9.36. The number of carbonyl (C=O) groups excluding carboxylic acids is 2. The molecule has 10 rings (SSSR count). The first kappa shape index (κ1) is 41.9. The molecule has 1 atom stereocenters. The predicted octanol–water partition coefficient (Wildman–Crippen LogP) is 14.7. The zero-order chi connectivity index (χ0) is 93.7. The van der Waals surface area contributed by atoms with Crippen LogP contribution in [0.1, 0.15) is 137 Å². The first-order chi connectivity index (χ1) is 56.9. The van der Waals surface area contributed by atoms with E-state index in [0.29, 0.717) is 51.5 Å². The number of rotatable bonds is 26. The largest absolute Gasteiger partial charge is 0.416 e. The van der Waals surface area contributed by atoms with E-state index in [1.54, 1.807) is 13.8 Å². The van der Waals surface area contributed by atoms with Gasteiger partial charge in [-0.25, -0.2) is 8.78 Å². The minimum atomic E-state index is -5.41. The lowest BCUT2D eigenvalue weighted by Crippen LogP contribution is -2.40. The van der Waals surface area contributed by atoms with Crippen molar-refractivity contribution >= 4 is 35.3 Å². The van der Waals surface area contributed by atoms with Gasteiger partial charge in [0.25, 0.3) is 11.1 Å². The summed E-state index contributed by atoms with van der Waals surface area (Å²) in [6.45, 7) is -16.7. The third-order valence-corrected chi connectivity index (χ3v) is 16.1. The topological polar surface area (TPSA) is 117 Å². The Morgan fingerprint density at radius 1 is 0.537 bits per heavy atom. The molecule has 2 heterocycles. The van der Waals surface area contributed by atoms with Gasteiger partial charge in [-0.15, -0.1) is 0 Å². The van der Waals surface area contributed by atoms with Crippen molar-refractivity contribution in [1.82, 2.24) is 38.7 Å². The molecule has 0 spiro atoms. The summed E-state index contributed by atoms with van der Waals surface area (Å²) in [6, 6.07) is 0.512. The maximum Gasteiger partial charge on any atom is 0.416 e. The summed E-state index contributed by atoms with van der Waals surface area (Å²) in [5.74, 6) is -9.49. The summed E-state index contributed by atoms with van der Waals surface area (Å²) < 4.78 is 364. The highest BCUT2D eigenvalue weighted by atomic mass is 32.2. The molecule has 0 radical (unpaired) electrons. The number of amides is 2. The van der Waals surface area contributed by atoms with Crippen LogP contribution in [0.4, 0.5) is 35.1 Å². The van der Waals surface area contributed by atoms with Crippen LogP contribution in [0.25, 0.3) is 22.3 Å². The van der Waals surface area contributed by atoms with E-state index in [9.17, 15) is 57.7 Å². The number of aromatic nitrogens is 4. The highest BCUT2D eigenvalue weighted by Gasteiger charge is 2.33. The van der Waals surface area contributed by atoms with Gasteiger partial charge in [0.05, 0.1) is 38.5 Å². The van der Waals surface area contributed by atoms with Crippen LogP contribution < -0.4 is 11.1 Å². The Bertz CT molecular complexity index is 5520. The quantitative estimate of drug-likeness (QED) is 0.0295. The second-order valence-electron chi connectivity index (χ2n) is 20.6. The van der Waals surface area contributed by atoms with E-state index in [1.165, 1.54) is 62.4 Å². The molecule has 2 aliphatic rings. The molecule has 0 bridgehead atoms. The third-order valence-electron chi connectivity index (χ3n) is 14.2. The zero-order valence-corrected chi connectivity index (χ0v) is 52.9. The van der Waals surface area contributed by atoms with Gasteiger partial charge < -0.3 is 28.7 Å². The number of carbonyl (C=O) groups is 2. The summed E-state index contributed by atoms with van der Waals surface area (Å²) in [4.78, 5) is 66.8. The summed E-state index contributed by atoms with van der Waals surface area (Å²) >= 11 is 1.04. The number of hydrogen-bond donors (Lipinski definition) is 0. The molecule has 6 aromatic carbocycles. The summed E-state index contributed by atoms with van der Waals surface area (Å²) in [5, 5.41) is -1.28. The third kappa shape index (κ3) is 19.2. The van der Waals surface area contributed by atoms with Gasteiger partial charge in [0, 0.05) is 85.4 Å². The van der Waals surface area contributed by atoms with Gasteiger partial charge in [-0.2, -0.15) is 36.3 Å². The molecule has 2 amide bonds. The number of likely N-dealkylation sites (N-methyl/N-ethyl adjacent to an activating group) is 2. The number of nitrogens with zero attached hydrogens (tertiary/aromatic N) is 8. The van der Waals surface area contributed by atoms with Gasteiger partial charge >= 0.3 is 12.4 Å². The maximum absolute atomic E-state index is 15.2. The van der Waals surface area contributed by atoms with Gasteiger partial charge in [0.2, 0.25) is 11.8 Å². The average Bonchev–Trinajstić information content (AvgIpc) is 1.51. The van der Waals surface area contributed by atoms with E-state index < -0.39 is 245 Å². The van der Waals surface area contributed by atoms with Crippen molar-refractivity contribution in [3.05, 3.63) is 234 Å². The number of benzene rings is 6. The normalized spacial score (nSPS) is 20.8. The minimum absolute atomic E-state index is 0.0110. The van der Waals surface area contributed by atoms with E-state index in [2.05, 4.69) is 9.97 Å². The van der Waals surface area contributed by atoms with Gasteiger partial charge in [-0.1, -0.05) is 155 Å². The zero-order valence-electron chi connectivity index (χ0n) is 80.3. The molecule has 22 heteroatoms. The number of halogens is 8. The van der Waals surface area contributed by atoms with Crippen molar-refractivity contribution in [1.29, 1.82) is 0 Å². The lowest BCUT2D eigenvalue weighted by Gasteiger charge is -2.28. The fourth-order valence-electron chi connectivity index (χ4n) is 9.11. The molecule has 502 valence electrons. The molecule has 0 saturated carbocycles. The monoisotopic (exact) mass is 1380 g/mol. The van der Waals surface area contributed by atoms with Crippen molar-refractivity contribution in [2.45, 2.75) is 127 Å². The molecule has 0 fully saturated rings. The number of hydrogen-bond acceptors (Lipinski definition) is 10.